The van der Waals surface area contributed by atoms with Crippen LogP contribution in [0.5, 0.6) is 11.5 Å². The largest absolute Gasteiger partial charge is 0.454 e. The summed E-state index contributed by atoms with van der Waals surface area (Å²) in [6, 6.07) is 11.0. The fourth-order valence-corrected chi connectivity index (χ4v) is 3.58. The zero-order chi connectivity index (χ0) is 22.2. The molecule has 0 saturated heterocycles. The van der Waals surface area contributed by atoms with Gasteiger partial charge in [-0.25, -0.2) is 13.8 Å². The average Bonchev–Trinajstić information content (AvgIpc) is 3.42. The Hall–Kier alpha value is -4.34. The van der Waals surface area contributed by atoms with Crippen molar-refractivity contribution in [1.82, 2.24) is 19.9 Å². The molecule has 2 aromatic heterocycles. The molecular weight excluding hydrogens is 419 g/mol. The zero-order valence-electron chi connectivity index (χ0n) is 16.6. The Morgan fingerprint density at radius 3 is 2.66 bits per heavy atom. The van der Waals surface area contributed by atoms with E-state index in [0.717, 1.165) is 10.1 Å². The summed E-state index contributed by atoms with van der Waals surface area (Å²) in [5.74, 6) is 0.340. The van der Waals surface area contributed by atoms with Crippen molar-refractivity contribution in [3.05, 3.63) is 80.9 Å². The van der Waals surface area contributed by atoms with Crippen molar-refractivity contribution in [2.75, 3.05) is 6.79 Å². The lowest BCUT2D eigenvalue weighted by atomic mass is 10.1. The third kappa shape index (κ3) is 3.51. The Morgan fingerprint density at radius 2 is 1.84 bits per heavy atom. The van der Waals surface area contributed by atoms with Crippen molar-refractivity contribution in [1.29, 1.82) is 0 Å². The second-order valence-electron chi connectivity index (χ2n) is 7.25. The van der Waals surface area contributed by atoms with Gasteiger partial charge in [0.2, 0.25) is 12.7 Å². The minimum Gasteiger partial charge on any atom is -0.454 e. The van der Waals surface area contributed by atoms with Crippen LogP contribution in [0.25, 0.3) is 22.2 Å². The van der Waals surface area contributed by atoms with Gasteiger partial charge in [0, 0.05) is 18.3 Å². The van der Waals surface area contributed by atoms with Gasteiger partial charge in [-0.2, -0.15) is 0 Å². The number of nitrogens with zero attached hydrogens (tertiary/aromatic N) is 1. The first kappa shape index (κ1) is 19.6. The van der Waals surface area contributed by atoms with E-state index in [4.69, 9.17) is 9.47 Å². The number of aromatic amines is 2. The van der Waals surface area contributed by atoms with Gasteiger partial charge in [0.25, 0.3) is 5.56 Å². The van der Waals surface area contributed by atoms with Gasteiger partial charge in [-0.15, -0.1) is 0 Å². The Balaban J connectivity index is 1.36. The van der Waals surface area contributed by atoms with E-state index < -0.39 is 29.5 Å². The van der Waals surface area contributed by atoms with Crippen LogP contribution >= 0.6 is 0 Å². The van der Waals surface area contributed by atoms with Gasteiger partial charge in [-0.05, 0) is 35.4 Å². The molecular formula is C22H17FN4O5. The highest BCUT2D eigenvalue weighted by Crippen LogP contribution is 2.32. The normalized spacial score (nSPS) is 12.3. The number of fused-ring (bicyclic) bond motifs is 2. The van der Waals surface area contributed by atoms with Gasteiger partial charge in [0.1, 0.15) is 17.9 Å². The molecule has 5 rings (SSSR count). The molecule has 162 valence electrons. The quantitative estimate of drug-likeness (QED) is 0.442. The van der Waals surface area contributed by atoms with E-state index in [1.54, 1.807) is 36.5 Å². The molecule has 32 heavy (non-hydrogen) atoms. The molecule has 9 nitrogen and oxygen atoms in total. The molecule has 0 fully saturated rings. The molecule has 0 aliphatic carbocycles. The van der Waals surface area contributed by atoms with Gasteiger partial charge in [0.05, 0.1) is 5.52 Å². The van der Waals surface area contributed by atoms with Crippen LogP contribution < -0.4 is 26.0 Å². The van der Waals surface area contributed by atoms with Gasteiger partial charge < -0.3 is 24.8 Å². The highest BCUT2D eigenvalue weighted by Gasteiger charge is 2.17. The Morgan fingerprint density at radius 1 is 1.06 bits per heavy atom. The maximum Gasteiger partial charge on any atom is 0.329 e. The predicted molar refractivity (Wildman–Crippen MR) is 113 cm³/mol. The molecule has 4 aromatic rings. The summed E-state index contributed by atoms with van der Waals surface area (Å²) in [6.45, 7) is -0.0952. The summed E-state index contributed by atoms with van der Waals surface area (Å²) in [6.07, 6.45) is 1.55. The lowest BCUT2D eigenvalue weighted by molar-refractivity contribution is -0.121. The van der Waals surface area contributed by atoms with Crippen molar-refractivity contribution in [3.63, 3.8) is 0 Å². The second kappa shape index (κ2) is 7.73. The number of halogens is 1. The number of aromatic nitrogens is 3. The molecule has 0 bridgehead atoms. The first-order chi connectivity index (χ1) is 15.5. The van der Waals surface area contributed by atoms with E-state index in [9.17, 15) is 18.8 Å². The van der Waals surface area contributed by atoms with Gasteiger partial charge in [0.15, 0.2) is 11.5 Å². The fraction of sp³-hybridized carbons (Fsp3) is 0.136. The first-order valence-corrected chi connectivity index (χ1v) is 9.75. The van der Waals surface area contributed by atoms with Crippen molar-refractivity contribution < 1.29 is 18.7 Å². The second-order valence-corrected chi connectivity index (χ2v) is 7.25. The number of carbonyl (C=O) groups is 1. The van der Waals surface area contributed by atoms with Crippen LogP contribution in [-0.2, 0) is 17.9 Å². The molecule has 1 aliphatic rings. The van der Waals surface area contributed by atoms with E-state index in [0.29, 0.717) is 28.1 Å². The van der Waals surface area contributed by atoms with Crippen molar-refractivity contribution >= 4 is 16.9 Å². The lowest BCUT2D eigenvalue weighted by Crippen LogP contribution is -2.40. The number of H-pyrrole nitrogens is 2. The first-order valence-electron chi connectivity index (χ1n) is 9.75. The Labute approximate surface area is 179 Å². The highest BCUT2D eigenvalue weighted by atomic mass is 19.1. The monoisotopic (exact) mass is 436 g/mol. The van der Waals surface area contributed by atoms with Crippen LogP contribution in [0.15, 0.2) is 58.3 Å². The molecule has 0 atom stereocenters. The minimum absolute atomic E-state index is 0.146. The standard InChI is InChI=1S/C22H17FN4O5/c23-14-4-2-13(3-5-14)15-9-25-20-19(15)26-22(30)27(21(20)29)10-18(28)24-8-12-1-6-16-17(7-12)32-11-31-16/h1-7,9,25H,8,10-11H2,(H,24,28)(H,26,30). The van der Waals surface area contributed by atoms with Crippen LogP contribution in [0.2, 0.25) is 0 Å². The third-order valence-corrected chi connectivity index (χ3v) is 5.20. The summed E-state index contributed by atoms with van der Waals surface area (Å²) in [7, 11) is 0. The van der Waals surface area contributed by atoms with Gasteiger partial charge in [-0.3, -0.25) is 9.59 Å². The summed E-state index contributed by atoms with van der Waals surface area (Å²) >= 11 is 0. The van der Waals surface area contributed by atoms with Crippen LogP contribution in [-0.4, -0.2) is 27.2 Å². The molecule has 1 amide bonds. The number of nitrogens with one attached hydrogen (secondary N) is 3. The molecule has 1 aliphatic heterocycles. The van der Waals surface area contributed by atoms with Crippen LogP contribution in [0.3, 0.4) is 0 Å². The van der Waals surface area contributed by atoms with Crippen molar-refractivity contribution in [2.45, 2.75) is 13.1 Å². The van der Waals surface area contributed by atoms with E-state index >= 15 is 0 Å². The lowest BCUT2D eigenvalue weighted by Gasteiger charge is -2.08. The number of rotatable bonds is 5. The molecule has 3 heterocycles. The van der Waals surface area contributed by atoms with Crippen LogP contribution in [0.4, 0.5) is 4.39 Å². The molecule has 0 radical (unpaired) electrons. The highest BCUT2D eigenvalue weighted by molar-refractivity contribution is 5.91. The summed E-state index contributed by atoms with van der Waals surface area (Å²) in [5, 5.41) is 2.68. The number of amides is 1. The maximum atomic E-state index is 13.2. The summed E-state index contributed by atoms with van der Waals surface area (Å²) in [4.78, 5) is 43.2. The summed E-state index contributed by atoms with van der Waals surface area (Å²) in [5.41, 5.74) is 1.06. The minimum atomic E-state index is -0.719. The maximum absolute atomic E-state index is 13.2. The van der Waals surface area contributed by atoms with Crippen LogP contribution in [0, 0.1) is 5.82 Å². The van der Waals surface area contributed by atoms with Crippen molar-refractivity contribution in [3.8, 4) is 22.6 Å². The Bertz CT molecular complexity index is 1450. The number of ether oxygens (including phenoxy) is 2. The number of hydrogen-bond donors (Lipinski definition) is 3. The smallest absolute Gasteiger partial charge is 0.329 e. The van der Waals surface area contributed by atoms with E-state index in [1.807, 2.05) is 0 Å². The predicted octanol–water partition coefficient (Wildman–Crippen LogP) is 1.87. The number of hydrogen-bond acceptors (Lipinski definition) is 5. The Kier molecular flexibility index (Phi) is 4.74. The average molecular weight is 436 g/mol. The SMILES string of the molecule is O=C(Cn1c(=O)[nH]c2c(-c3ccc(F)cc3)c[nH]c2c1=O)NCc1ccc2c(c1)OCO2. The van der Waals surface area contributed by atoms with Gasteiger partial charge >= 0.3 is 5.69 Å². The molecule has 0 spiro atoms. The van der Waals surface area contributed by atoms with E-state index in [2.05, 4.69) is 15.3 Å². The molecule has 2 aromatic carbocycles. The molecule has 0 unspecified atom stereocenters. The number of carbonyl (C=O) groups excluding carboxylic acids is 1. The van der Waals surface area contributed by atoms with Crippen LogP contribution in [0.1, 0.15) is 5.56 Å². The van der Waals surface area contributed by atoms with E-state index in [1.165, 1.54) is 12.1 Å². The molecule has 3 N–H and O–H groups in total. The number of benzene rings is 2. The topological polar surface area (TPSA) is 118 Å². The zero-order valence-corrected chi connectivity index (χ0v) is 16.6. The van der Waals surface area contributed by atoms with Crippen molar-refractivity contribution in [2.24, 2.45) is 0 Å². The molecule has 10 heteroatoms. The summed E-state index contributed by atoms with van der Waals surface area (Å²) < 4.78 is 24.6. The van der Waals surface area contributed by atoms with E-state index in [-0.39, 0.29) is 18.9 Å². The van der Waals surface area contributed by atoms with Gasteiger partial charge in [-0.1, -0.05) is 18.2 Å². The fourth-order valence-electron chi connectivity index (χ4n) is 3.58. The third-order valence-electron chi connectivity index (χ3n) is 5.20. The molecule has 0 saturated carbocycles.